The quantitative estimate of drug-likeness (QED) is 0.662. The molecule has 0 unspecified atom stereocenters. The summed E-state index contributed by atoms with van der Waals surface area (Å²) in [5.74, 6) is 6.69. The van der Waals surface area contributed by atoms with Crippen LogP contribution in [-0.2, 0) is 6.54 Å². The molecule has 2 nitrogen and oxygen atoms in total. The minimum Gasteiger partial charge on any atom is -0.491 e. The van der Waals surface area contributed by atoms with Gasteiger partial charge in [-0.3, -0.25) is 0 Å². The van der Waals surface area contributed by atoms with Crippen molar-refractivity contribution < 1.29 is 4.74 Å². The molecule has 3 heteroatoms. The van der Waals surface area contributed by atoms with Crippen LogP contribution in [0.5, 0.6) is 5.75 Å². The summed E-state index contributed by atoms with van der Waals surface area (Å²) < 4.78 is 6.59. The molecule has 0 saturated carbocycles. The van der Waals surface area contributed by atoms with Gasteiger partial charge in [0.1, 0.15) is 5.75 Å². The molecule has 0 fully saturated rings. The van der Waals surface area contributed by atoms with Gasteiger partial charge in [0.2, 0.25) is 0 Å². The maximum Gasteiger partial charge on any atom is 0.133 e. The summed E-state index contributed by atoms with van der Waals surface area (Å²) >= 11 is 3.50. The highest BCUT2D eigenvalue weighted by Crippen LogP contribution is 2.26. The van der Waals surface area contributed by atoms with Gasteiger partial charge < -0.3 is 10.1 Å². The molecule has 0 aliphatic rings. The van der Waals surface area contributed by atoms with Crippen molar-refractivity contribution in [3.63, 3.8) is 0 Å². The Morgan fingerprint density at radius 3 is 2.88 bits per heavy atom. The first-order chi connectivity index (χ1) is 7.77. The van der Waals surface area contributed by atoms with E-state index in [4.69, 9.17) is 4.74 Å². The topological polar surface area (TPSA) is 21.3 Å². The van der Waals surface area contributed by atoms with Crippen LogP contribution in [0.25, 0.3) is 0 Å². The van der Waals surface area contributed by atoms with Crippen molar-refractivity contribution in [2.45, 2.75) is 19.9 Å². The van der Waals surface area contributed by atoms with Crippen molar-refractivity contribution in [1.82, 2.24) is 5.32 Å². The predicted octanol–water partition coefficient (Wildman–Crippen LogP) is 2.96. The second-order valence-corrected chi connectivity index (χ2v) is 4.17. The van der Waals surface area contributed by atoms with Gasteiger partial charge in [0, 0.05) is 13.0 Å². The Kier molecular flexibility index (Phi) is 5.99. The van der Waals surface area contributed by atoms with E-state index in [-0.39, 0.29) is 0 Å². The van der Waals surface area contributed by atoms with Crippen LogP contribution in [0, 0.1) is 11.8 Å². The fourth-order valence-corrected chi connectivity index (χ4v) is 1.85. The van der Waals surface area contributed by atoms with Gasteiger partial charge in [-0.15, -0.1) is 11.8 Å². The Morgan fingerprint density at radius 2 is 2.25 bits per heavy atom. The van der Waals surface area contributed by atoms with Gasteiger partial charge in [0.25, 0.3) is 0 Å². The molecular weight excluding hydrogens is 266 g/mol. The van der Waals surface area contributed by atoms with Gasteiger partial charge in [-0.1, -0.05) is 6.07 Å². The van der Waals surface area contributed by atoms with E-state index in [0.717, 1.165) is 23.2 Å². The fourth-order valence-electron chi connectivity index (χ4n) is 1.31. The first kappa shape index (κ1) is 13.1. The molecule has 0 bridgehead atoms. The molecule has 16 heavy (non-hydrogen) atoms. The lowest BCUT2D eigenvalue weighted by atomic mass is 10.2. The smallest absolute Gasteiger partial charge is 0.133 e. The first-order valence-electron chi connectivity index (χ1n) is 5.23. The van der Waals surface area contributed by atoms with E-state index in [1.165, 1.54) is 5.56 Å². The van der Waals surface area contributed by atoms with Gasteiger partial charge in [-0.2, -0.15) is 0 Å². The molecule has 0 saturated heterocycles. The van der Waals surface area contributed by atoms with Gasteiger partial charge in [-0.25, -0.2) is 0 Å². The van der Waals surface area contributed by atoms with Crippen LogP contribution in [-0.4, -0.2) is 13.7 Å². The lowest BCUT2D eigenvalue weighted by Gasteiger charge is -2.08. The van der Waals surface area contributed by atoms with E-state index in [2.05, 4.69) is 45.2 Å². The monoisotopic (exact) mass is 281 g/mol. The first-order valence-corrected chi connectivity index (χ1v) is 6.02. The van der Waals surface area contributed by atoms with Gasteiger partial charge in [-0.05, 0) is 47.6 Å². The Morgan fingerprint density at radius 1 is 1.44 bits per heavy atom. The van der Waals surface area contributed by atoms with E-state index in [9.17, 15) is 0 Å². The normalized spacial score (nSPS) is 9.44. The van der Waals surface area contributed by atoms with Crippen LogP contribution in [0.15, 0.2) is 22.7 Å². The largest absolute Gasteiger partial charge is 0.491 e. The maximum absolute atomic E-state index is 5.60. The second kappa shape index (κ2) is 7.32. The number of nitrogens with one attached hydrogen (secondary N) is 1. The molecule has 1 rings (SSSR count). The molecule has 1 aromatic carbocycles. The van der Waals surface area contributed by atoms with Crippen LogP contribution in [0.1, 0.15) is 18.9 Å². The number of halogens is 1. The molecule has 0 radical (unpaired) electrons. The van der Waals surface area contributed by atoms with Crippen LogP contribution < -0.4 is 10.1 Å². The van der Waals surface area contributed by atoms with Gasteiger partial charge in [0.15, 0.2) is 0 Å². The molecule has 86 valence electrons. The number of ether oxygens (including phenoxy) is 1. The number of hydrogen-bond donors (Lipinski definition) is 1. The third kappa shape index (κ3) is 4.26. The van der Waals surface area contributed by atoms with Crippen molar-refractivity contribution in [3.8, 4) is 17.6 Å². The highest BCUT2D eigenvalue weighted by Gasteiger charge is 2.01. The van der Waals surface area contributed by atoms with Gasteiger partial charge in [0.05, 0.1) is 11.1 Å². The van der Waals surface area contributed by atoms with E-state index in [1.54, 1.807) is 0 Å². The third-order valence-corrected chi connectivity index (χ3v) is 2.66. The summed E-state index contributed by atoms with van der Waals surface area (Å²) in [5, 5.41) is 3.11. The summed E-state index contributed by atoms with van der Waals surface area (Å²) in [7, 11) is 1.93. The second-order valence-electron chi connectivity index (χ2n) is 3.32. The average molecular weight is 282 g/mol. The lowest BCUT2D eigenvalue weighted by molar-refractivity contribution is 0.325. The van der Waals surface area contributed by atoms with E-state index >= 15 is 0 Å². The highest BCUT2D eigenvalue weighted by molar-refractivity contribution is 9.10. The van der Waals surface area contributed by atoms with Crippen molar-refractivity contribution in [2.75, 3.05) is 13.7 Å². The van der Waals surface area contributed by atoms with Crippen molar-refractivity contribution in [3.05, 3.63) is 28.2 Å². The molecule has 0 amide bonds. The highest BCUT2D eigenvalue weighted by atomic mass is 79.9. The zero-order chi connectivity index (χ0) is 11.8. The Hall–Kier alpha value is -0.980. The molecule has 1 aromatic rings. The van der Waals surface area contributed by atoms with E-state index in [1.807, 2.05) is 20.0 Å². The standard InChI is InChI=1S/C13H16BrNO/c1-3-4-5-8-16-13-7-6-11(10-15-2)9-12(13)14/h6-7,9,15H,5,8,10H2,1-2H3. The Labute approximate surface area is 106 Å². The van der Waals surface area contributed by atoms with Crippen molar-refractivity contribution in [1.29, 1.82) is 0 Å². The molecular formula is C13H16BrNO. The van der Waals surface area contributed by atoms with Crippen LogP contribution in [0.3, 0.4) is 0 Å². The van der Waals surface area contributed by atoms with Crippen LogP contribution in [0.4, 0.5) is 0 Å². The Bertz CT molecular complexity index is 393. The summed E-state index contributed by atoms with van der Waals surface area (Å²) in [6.45, 7) is 3.33. The zero-order valence-electron chi connectivity index (χ0n) is 9.64. The molecule has 0 atom stereocenters. The average Bonchev–Trinajstić information content (AvgIpc) is 2.27. The maximum atomic E-state index is 5.60. The molecule has 1 N–H and O–H groups in total. The number of benzene rings is 1. The van der Waals surface area contributed by atoms with E-state index in [0.29, 0.717) is 6.61 Å². The molecule has 0 aliphatic carbocycles. The summed E-state index contributed by atoms with van der Waals surface area (Å²) in [6.07, 6.45) is 0.765. The van der Waals surface area contributed by atoms with Crippen molar-refractivity contribution >= 4 is 15.9 Å². The predicted molar refractivity (Wildman–Crippen MR) is 70.5 cm³/mol. The van der Waals surface area contributed by atoms with Gasteiger partial charge >= 0.3 is 0 Å². The number of rotatable bonds is 5. The number of hydrogen-bond acceptors (Lipinski definition) is 2. The fraction of sp³-hybridized carbons (Fsp3) is 0.385. The van der Waals surface area contributed by atoms with Crippen LogP contribution in [0.2, 0.25) is 0 Å². The molecule has 0 aromatic heterocycles. The summed E-state index contributed by atoms with van der Waals surface area (Å²) in [6, 6.07) is 6.11. The SMILES string of the molecule is CC#CCCOc1ccc(CNC)cc1Br. The summed E-state index contributed by atoms with van der Waals surface area (Å²) in [5.41, 5.74) is 1.23. The molecule has 0 aliphatic heterocycles. The lowest BCUT2D eigenvalue weighted by Crippen LogP contribution is -2.05. The minimum atomic E-state index is 0.630. The third-order valence-electron chi connectivity index (χ3n) is 2.04. The summed E-state index contributed by atoms with van der Waals surface area (Å²) in [4.78, 5) is 0. The Balaban J connectivity index is 2.56. The molecule has 0 spiro atoms. The van der Waals surface area contributed by atoms with Crippen molar-refractivity contribution in [2.24, 2.45) is 0 Å². The van der Waals surface area contributed by atoms with E-state index < -0.39 is 0 Å². The van der Waals surface area contributed by atoms with Crippen LogP contribution >= 0.6 is 15.9 Å². The zero-order valence-corrected chi connectivity index (χ0v) is 11.2. The minimum absolute atomic E-state index is 0.630. The molecule has 0 heterocycles.